The average molecular weight is 1000 g/mol. The van der Waals surface area contributed by atoms with E-state index in [4.69, 9.17) is 0 Å². The number of rotatable bonds is 20. The van der Waals surface area contributed by atoms with Crippen molar-refractivity contribution in [3.8, 4) is 0 Å². The second-order valence-electron chi connectivity index (χ2n) is 17.9. The van der Waals surface area contributed by atoms with Gasteiger partial charge < -0.3 is 15.2 Å². The van der Waals surface area contributed by atoms with Crippen molar-refractivity contribution in [3.63, 3.8) is 0 Å². The van der Waals surface area contributed by atoms with Gasteiger partial charge in [0.1, 0.15) is 27.5 Å². The predicted molar refractivity (Wildman–Crippen MR) is 270 cm³/mol. The van der Waals surface area contributed by atoms with E-state index in [0.29, 0.717) is 71.5 Å². The molecule has 8 rings (SSSR count). The number of benzene rings is 4. The molecule has 0 fully saturated rings. The lowest BCUT2D eigenvalue weighted by atomic mass is 9.67. The summed E-state index contributed by atoms with van der Waals surface area (Å²) in [5, 5.41) is 9.31. The number of nitrogens with one attached hydrogen (secondary N) is 2. The minimum Gasteiger partial charge on any atom is -0.355 e. The monoisotopic (exact) mass is 1000 g/mol. The van der Waals surface area contributed by atoms with E-state index in [1.807, 2.05) is 65.5 Å². The largest absolute Gasteiger partial charge is 0.355 e. The van der Waals surface area contributed by atoms with Gasteiger partial charge in [0.2, 0.25) is 23.2 Å². The van der Waals surface area contributed by atoms with Crippen molar-refractivity contribution in [2.75, 3.05) is 26.2 Å². The highest BCUT2D eigenvalue weighted by atomic mass is 32.2. The Morgan fingerprint density at radius 2 is 1.39 bits per heavy atom. The molecular formula is C53H56N5O11S2+. The van der Waals surface area contributed by atoms with Crippen LogP contribution >= 0.6 is 0 Å². The van der Waals surface area contributed by atoms with Crippen LogP contribution in [0.25, 0.3) is 38.5 Å². The summed E-state index contributed by atoms with van der Waals surface area (Å²) in [6.45, 7) is 7.29. The fraction of sp³-hybridized carbons (Fsp3) is 0.321. The van der Waals surface area contributed by atoms with Gasteiger partial charge >= 0.3 is 0 Å². The van der Waals surface area contributed by atoms with E-state index in [1.165, 1.54) is 24.3 Å². The van der Waals surface area contributed by atoms with Crippen LogP contribution in [0.2, 0.25) is 0 Å². The molecule has 0 saturated heterocycles. The first kappa shape index (κ1) is 50.5. The summed E-state index contributed by atoms with van der Waals surface area (Å²) in [4.78, 5) is 66.1. The second kappa shape index (κ2) is 20.5. The van der Waals surface area contributed by atoms with Crippen LogP contribution in [0, 0.1) is 5.41 Å². The number of Topliss-reactive ketones (excluding diaryl/α,β-unsaturated/α-hetero) is 1. The van der Waals surface area contributed by atoms with E-state index in [9.17, 15) is 49.9 Å². The van der Waals surface area contributed by atoms with Crippen molar-refractivity contribution in [3.05, 3.63) is 119 Å². The van der Waals surface area contributed by atoms with Gasteiger partial charge in [0, 0.05) is 95.7 Å². The van der Waals surface area contributed by atoms with Crippen molar-refractivity contribution in [1.29, 1.82) is 0 Å². The maximum atomic E-state index is 14.8. The van der Waals surface area contributed by atoms with Gasteiger partial charge in [0.15, 0.2) is 0 Å². The SMILES string of the molecule is CCNC(=O)C1(C(=O)CCCCCCC(=O)NCCN2C(=O)C=CC2=O)CC(=CC=c2c3cccc4c(S(=O)(=O)O)ccc(c43)n2CC)C=C(C=CC2=[N+](CC)c3ccc(S(=O)(=O)O)c4cccc2c34)C1. The number of carbonyl (C=O) groups is 5. The van der Waals surface area contributed by atoms with E-state index in [2.05, 4.69) is 10.6 Å². The summed E-state index contributed by atoms with van der Waals surface area (Å²) in [6.07, 6.45) is 14.7. The van der Waals surface area contributed by atoms with Gasteiger partial charge in [-0.05, 0) is 87.9 Å². The number of carbonyl (C=O) groups excluding carboxylic acids is 5. The molecule has 0 spiro atoms. The number of hydrogen-bond acceptors (Lipinski definition) is 9. The molecule has 0 radical (unpaired) electrons. The highest BCUT2D eigenvalue weighted by Crippen LogP contribution is 2.43. The molecule has 5 aromatic rings. The lowest BCUT2D eigenvalue weighted by Gasteiger charge is -2.35. The molecule has 1 unspecified atom stereocenters. The van der Waals surface area contributed by atoms with Crippen molar-refractivity contribution < 1.29 is 54.5 Å². The molecule has 4 amide bonds. The lowest BCUT2D eigenvalue weighted by Crippen LogP contribution is -2.48. The van der Waals surface area contributed by atoms with Crippen molar-refractivity contribution in [2.45, 2.75) is 88.5 Å². The molecule has 0 saturated carbocycles. The molecule has 1 aromatic heterocycles. The van der Waals surface area contributed by atoms with Crippen LogP contribution in [0.3, 0.4) is 0 Å². The maximum absolute atomic E-state index is 14.8. The number of allylic oxidation sites excluding steroid dienone is 6. The zero-order valence-corrected chi connectivity index (χ0v) is 41.4. The highest BCUT2D eigenvalue weighted by molar-refractivity contribution is 7.86. The number of nitrogens with zero attached hydrogens (tertiary/aromatic N) is 3. The number of aromatic nitrogens is 1. The number of imide groups is 1. The van der Waals surface area contributed by atoms with Gasteiger partial charge in [-0.1, -0.05) is 61.4 Å². The number of ketones is 1. The molecule has 3 aliphatic rings. The standard InChI is InChI=1S/C53H55N5O11S2/c1-4-54-52(63)53(46(59)17-9-7-8-10-18-47(60)55-29-30-58-48(61)27-28-49(58)62)32-34(19-21-40-36-13-11-15-38-44(70(64,65)66)25-23-42(50(36)38)56(40)5-2)31-35(33-53)20-22-41-37-14-12-16-39-45(71(67,68)69)26-24-43(51(37)39)57(41)6-3/h11-16,19-28,31H,4-10,17-18,29-30,32-33H2,1-3H3,(H3-,54,55,60,63,64,65,66,67,68,69)/p+1. The van der Waals surface area contributed by atoms with Gasteiger partial charge in [0.25, 0.3) is 32.1 Å². The Labute approximate surface area is 411 Å². The number of unbranched alkanes of at least 4 members (excludes halogenated alkanes) is 3. The quantitative estimate of drug-likeness (QED) is 0.0219. The summed E-state index contributed by atoms with van der Waals surface area (Å²) < 4.78 is 74.0. The normalized spacial score (nSPS) is 18.1. The molecule has 71 heavy (non-hydrogen) atoms. The van der Waals surface area contributed by atoms with E-state index >= 15 is 0 Å². The Kier molecular flexibility index (Phi) is 14.6. The second-order valence-corrected chi connectivity index (χ2v) is 20.7. The Hall–Kier alpha value is -6.86. The number of amides is 4. The smallest absolute Gasteiger partial charge is 0.295 e. The molecule has 2 aliphatic heterocycles. The molecule has 18 heteroatoms. The number of aryl methyl sites for hydroxylation is 1. The van der Waals surface area contributed by atoms with Crippen LogP contribution in [0.1, 0.15) is 77.7 Å². The van der Waals surface area contributed by atoms with Crippen LogP contribution in [0.15, 0.2) is 118 Å². The minimum absolute atomic E-state index is 0.0805. The summed E-state index contributed by atoms with van der Waals surface area (Å²) in [5.74, 6) is -1.68. The van der Waals surface area contributed by atoms with E-state index < -0.39 is 43.4 Å². The van der Waals surface area contributed by atoms with Crippen molar-refractivity contribution in [1.82, 2.24) is 20.1 Å². The fourth-order valence-electron chi connectivity index (χ4n) is 10.4. The average Bonchev–Trinajstić information content (AvgIpc) is 3.95. The van der Waals surface area contributed by atoms with Gasteiger partial charge in [-0.3, -0.25) is 38.0 Å². The third kappa shape index (κ3) is 9.93. The molecule has 4 N–H and O–H groups in total. The Morgan fingerprint density at radius 3 is 2.06 bits per heavy atom. The van der Waals surface area contributed by atoms with Crippen LogP contribution in [-0.2, 0) is 50.8 Å². The molecule has 16 nitrogen and oxygen atoms in total. The van der Waals surface area contributed by atoms with Crippen molar-refractivity contribution >= 4 is 99.6 Å². The highest BCUT2D eigenvalue weighted by Gasteiger charge is 2.47. The third-order valence-corrected chi connectivity index (χ3v) is 15.4. The van der Waals surface area contributed by atoms with Crippen molar-refractivity contribution in [2.24, 2.45) is 5.41 Å². The third-order valence-electron chi connectivity index (χ3n) is 13.6. The van der Waals surface area contributed by atoms with Gasteiger partial charge in [-0.25, -0.2) is 0 Å². The first-order valence-electron chi connectivity index (χ1n) is 23.8. The zero-order chi connectivity index (χ0) is 50.8. The van der Waals surface area contributed by atoms with Crippen LogP contribution < -0.4 is 16.0 Å². The van der Waals surface area contributed by atoms with Gasteiger partial charge in [0.05, 0.1) is 10.9 Å². The molecule has 1 aliphatic carbocycles. The van der Waals surface area contributed by atoms with E-state index in [1.54, 1.807) is 43.3 Å². The Bertz CT molecular complexity index is 3490. The maximum Gasteiger partial charge on any atom is 0.295 e. The summed E-state index contributed by atoms with van der Waals surface area (Å²) in [6, 6.07) is 16.7. The Balaban J connectivity index is 1.12. The van der Waals surface area contributed by atoms with Crippen LogP contribution in [0.4, 0.5) is 5.69 Å². The van der Waals surface area contributed by atoms with Gasteiger partial charge in [-0.15, -0.1) is 0 Å². The molecule has 3 heterocycles. The summed E-state index contributed by atoms with van der Waals surface area (Å²) >= 11 is 0. The summed E-state index contributed by atoms with van der Waals surface area (Å²) in [5.41, 5.74) is 2.92. The fourth-order valence-corrected chi connectivity index (χ4v) is 11.7. The predicted octanol–water partition coefficient (Wildman–Crippen LogP) is 6.40. The molecule has 0 bridgehead atoms. The van der Waals surface area contributed by atoms with Gasteiger partial charge in [-0.2, -0.15) is 21.4 Å². The zero-order valence-electron chi connectivity index (χ0n) is 39.7. The van der Waals surface area contributed by atoms with E-state index in [0.717, 1.165) is 38.1 Å². The molecule has 4 aromatic carbocycles. The lowest BCUT2D eigenvalue weighted by molar-refractivity contribution is -0.430. The minimum atomic E-state index is -4.53. The van der Waals surface area contributed by atoms with Crippen LogP contribution in [-0.4, -0.2) is 101 Å². The molecule has 370 valence electrons. The molecular weight excluding hydrogens is 947 g/mol. The van der Waals surface area contributed by atoms with Crippen LogP contribution in [0.5, 0.6) is 0 Å². The van der Waals surface area contributed by atoms with E-state index in [-0.39, 0.29) is 66.8 Å². The topological polar surface area (TPSA) is 229 Å². The first-order valence-corrected chi connectivity index (χ1v) is 26.7. The molecule has 1 atom stereocenters. The first-order chi connectivity index (χ1) is 33.9. The number of hydrogen-bond donors (Lipinski definition) is 4. The Morgan fingerprint density at radius 1 is 0.746 bits per heavy atom. The summed E-state index contributed by atoms with van der Waals surface area (Å²) in [7, 11) is -9.06.